The molecule has 96 valence electrons. The predicted molar refractivity (Wildman–Crippen MR) is 86.9 cm³/mol. The summed E-state index contributed by atoms with van der Waals surface area (Å²) >= 11 is 1.97. The van der Waals surface area contributed by atoms with Crippen molar-refractivity contribution in [3.8, 4) is 0 Å². The molecule has 0 radical (unpaired) electrons. The molecule has 0 saturated carbocycles. The van der Waals surface area contributed by atoms with Crippen LogP contribution in [0.1, 0.15) is 30.5 Å². The van der Waals surface area contributed by atoms with Crippen molar-refractivity contribution < 1.29 is 0 Å². The van der Waals surface area contributed by atoms with E-state index in [-0.39, 0.29) is 0 Å². The van der Waals surface area contributed by atoms with Crippen LogP contribution in [0, 0.1) is 6.92 Å². The van der Waals surface area contributed by atoms with Gasteiger partial charge >= 0.3 is 0 Å². The van der Waals surface area contributed by atoms with E-state index in [4.69, 9.17) is 0 Å². The van der Waals surface area contributed by atoms with E-state index in [1.807, 2.05) is 11.8 Å². The van der Waals surface area contributed by atoms with Crippen molar-refractivity contribution in [3.05, 3.63) is 47.0 Å². The van der Waals surface area contributed by atoms with Gasteiger partial charge in [-0.2, -0.15) is 0 Å². The molecule has 0 bridgehead atoms. The van der Waals surface area contributed by atoms with Gasteiger partial charge in [0.05, 0.1) is 0 Å². The van der Waals surface area contributed by atoms with Crippen molar-refractivity contribution in [2.24, 2.45) is 0 Å². The topological polar surface area (TPSA) is 0 Å². The number of hydrogen-bond donors (Lipinski definition) is 0. The maximum Gasteiger partial charge on any atom is 0.195 e. The first-order valence-corrected chi connectivity index (χ1v) is 7.95. The molecule has 0 aromatic heterocycles. The summed E-state index contributed by atoms with van der Waals surface area (Å²) in [5, 5.41) is 0. The monoisotopic (exact) mass is 266 g/mol. The SMILES string of the molecule is CCc1cc2c(cc1C)Sc1c(cccc1CC)B2. The third-order valence-electron chi connectivity index (χ3n) is 4.05. The molecule has 0 spiro atoms. The van der Waals surface area contributed by atoms with Gasteiger partial charge in [0.2, 0.25) is 0 Å². The van der Waals surface area contributed by atoms with Gasteiger partial charge in [-0.05, 0) is 42.5 Å². The standard InChI is InChI=1S/C17H19BS/c1-4-12-7-6-8-14-17(12)19-16-9-11(3)13(5-2)10-15(16)18-14/h6-10,18H,4-5H2,1-3H3. The van der Waals surface area contributed by atoms with Gasteiger partial charge in [-0.1, -0.05) is 60.8 Å². The minimum absolute atomic E-state index is 1.10. The highest BCUT2D eigenvalue weighted by atomic mass is 32.2. The van der Waals surface area contributed by atoms with Gasteiger partial charge < -0.3 is 0 Å². The molecule has 0 nitrogen and oxygen atoms in total. The van der Waals surface area contributed by atoms with E-state index in [2.05, 4.69) is 51.1 Å². The first-order chi connectivity index (χ1) is 9.22. The summed E-state index contributed by atoms with van der Waals surface area (Å²) in [7, 11) is 1.10. The van der Waals surface area contributed by atoms with E-state index >= 15 is 0 Å². The first kappa shape index (κ1) is 12.9. The molecule has 0 atom stereocenters. The number of aryl methyl sites for hydroxylation is 3. The molecule has 0 aliphatic carbocycles. The maximum absolute atomic E-state index is 2.42. The summed E-state index contributed by atoms with van der Waals surface area (Å²) in [6.07, 6.45) is 2.25. The summed E-state index contributed by atoms with van der Waals surface area (Å²) < 4.78 is 0. The fraction of sp³-hybridized carbons (Fsp3) is 0.294. The normalized spacial score (nSPS) is 12.6. The van der Waals surface area contributed by atoms with Crippen LogP contribution in [0.15, 0.2) is 40.1 Å². The Hall–Kier alpha value is -1.15. The number of rotatable bonds is 2. The Morgan fingerprint density at radius 2 is 1.79 bits per heavy atom. The molecule has 3 rings (SSSR count). The summed E-state index contributed by atoms with van der Waals surface area (Å²) in [5.74, 6) is 0. The number of hydrogen-bond acceptors (Lipinski definition) is 1. The van der Waals surface area contributed by atoms with E-state index in [0.29, 0.717) is 0 Å². The van der Waals surface area contributed by atoms with Crippen LogP contribution in [-0.4, -0.2) is 7.28 Å². The fourth-order valence-electron chi connectivity index (χ4n) is 2.89. The summed E-state index contributed by atoms with van der Waals surface area (Å²) in [4.78, 5) is 2.96. The Morgan fingerprint density at radius 1 is 1.00 bits per heavy atom. The van der Waals surface area contributed by atoms with E-state index < -0.39 is 0 Å². The van der Waals surface area contributed by atoms with Crippen LogP contribution < -0.4 is 10.9 Å². The lowest BCUT2D eigenvalue weighted by Crippen LogP contribution is -2.34. The van der Waals surface area contributed by atoms with Crippen molar-refractivity contribution >= 4 is 30.0 Å². The molecule has 1 heterocycles. The van der Waals surface area contributed by atoms with Crippen molar-refractivity contribution in [2.75, 3.05) is 0 Å². The number of benzene rings is 2. The maximum atomic E-state index is 2.42. The zero-order valence-electron chi connectivity index (χ0n) is 11.9. The second-order valence-corrected chi connectivity index (χ2v) is 6.33. The zero-order chi connectivity index (χ0) is 13.4. The molecule has 1 aliphatic heterocycles. The molecular weight excluding hydrogens is 247 g/mol. The Labute approximate surface area is 120 Å². The molecule has 0 N–H and O–H groups in total. The van der Waals surface area contributed by atoms with Crippen LogP contribution in [0.2, 0.25) is 0 Å². The predicted octanol–water partition coefficient (Wildman–Crippen LogP) is 2.97. The Kier molecular flexibility index (Phi) is 3.45. The summed E-state index contributed by atoms with van der Waals surface area (Å²) in [6.45, 7) is 6.73. The lowest BCUT2D eigenvalue weighted by molar-refractivity contribution is 1.08. The van der Waals surface area contributed by atoms with Crippen LogP contribution in [0.5, 0.6) is 0 Å². The van der Waals surface area contributed by atoms with Gasteiger partial charge in [-0.3, -0.25) is 0 Å². The highest BCUT2D eigenvalue weighted by Gasteiger charge is 2.20. The van der Waals surface area contributed by atoms with Crippen LogP contribution in [-0.2, 0) is 12.8 Å². The van der Waals surface area contributed by atoms with E-state index in [1.165, 1.54) is 37.4 Å². The molecule has 2 heteroatoms. The molecule has 2 aromatic rings. The first-order valence-electron chi connectivity index (χ1n) is 7.14. The van der Waals surface area contributed by atoms with Gasteiger partial charge in [-0.25, -0.2) is 0 Å². The molecular formula is C17H19BS. The van der Waals surface area contributed by atoms with Crippen LogP contribution >= 0.6 is 11.8 Å². The second-order valence-electron chi connectivity index (χ2n) is 5.28. The van der Waals surface area contributed by atoms with E-state index in [1.54, 1.807) is 0 Å². The third kappa shape index (κ3) is 2.23. The van der Waals surface area contributed by atoms with Crippen molar-refractivity contribution in [2.45, 2.75) is 43.4 Å². The van der Waals surface area contributed by atoms with Crippen LogP contribution in [0.25, 0.3) is 0 Å². The smallest absolute Gasteiger partial charge is 0.0909 e. The van der Waals surface area contributed by atoms with Gasteiger partial charge in [0.15, 0.2) is 7.28 Å². The average Bonchev–Trinajstić information content (AvgIpc) is 2.43. The van der Waals surface area contributed by atoms with Crippen LogP contribution in [0.3, 0.4) is 0 Å². The second kappa shape index (κ2) is 5.09. The Balaban J connectivity index is 2.09. The molecule has 0 unspecified atom stereocenters. The van der Waals surface area contributed by atoms with Gasteiger partial charge in [0, 0.05) is 9.79 Å². The Morgan fingerprint density at radius 3 is 2.53 bits per heavy atom. The summed E-state index contributed by atoms with van der Waals surface area (Å²) in [5.41, 5.74) is 7.43. The van der Waals surface area contributed by atoms with Crippen LogP contribution in [0.4, 0.5) is 0 Å². The zero-order valence-corrected chi connectivity index (χ0v) is 12.7. The molecule has 0 amide bonds. The third-order valence-corrected chi connectivity index (χ3v) is 5.38. The lowest BCUT2D eigenvalue weighted by atomic mass is 9.62. The Bertz CT molecular complexity index is 631. The quantitative estimate of drug-likeness (QED) is 0.643. The highest BCUT2D eigenvalue weighted by molar-refractivity contribution is 8.00. The van der Waals surface area contributed by atoms with E-state index in [0.717, 1.165) is 20.1 Å². The molecule has 1 aliphatic rings. The largest absolute Gasteiger partial charge is 0.195 e. The molecule has 0 saturated heterocycles. The minimum Gasteiger partial charge on any atom is -0.0909 e. The molecule has 0 fully saturated rings. The van der Waals surface area contributed by atoms with E-state index in [9.17, 15) is 0 Å². The lowest BCUT2D eigenvalue weighted by Gasteiger charge is -2.22. The van der Waals surface area contributed by atoms with Crippen molar-refractivity contribution in [1.29, 1.82) is 0 Å². The minimum atomic E-state index is 1.10. The van der Waals surface area contributed by atoms with Gasteiger partial charge in [-0.15, -0.1) is 0 Å². The summed E-state index contributed by atoms with van der Waals surface area (Å²) in [6, 6.07) is 11.6. The van der Waals surface area contributed by atoms with Gasteiger partial charge in [0.1, 0.15) is 0 Å². The number of fused-ring (bicyclic) bond motifs is 2. The molecule has 2 aromatic carbocycles. The fourth-order valence-corrected chi connectivity index (χ4v) is 4.23. The average molecular weight is 266 g/mol. The van der Waals surface area contributed by atoms with Crippen molar-refractivity contribution in [3.63, 3.8) is 0 Å². The molecule has 19 heavy (non-hydrogen) atoms. The highest BCUT2D eigenvalue weighted by Crippen LogP contribution is 2.32. The van der Waals surface area contributed by atoms with Gasteiger partial charge in [0.25, 0.3) is 0 Å². The van der Waals surface area contributed by atoms with Crippen molar-refractivity contribution in [1.82, 2.24) is 0 Å².